The van der Waals surface area contributed by atoms with Crippen molar-refractivity contribution >= 4 is 29.1 Å². The van der Waals surface area contributed by atoms with E-state index >= 15 is 0 Å². The van der Waals surface area contributed by atoms with Gasteiger partial charge >= 0.3 is 0 Å². The number of benzene rings is 1. The van der Waals surface area contributed by atoms with Crippen molar-refractivity contribution in [1.29, 1.82) is 0 Å². The molecule has 110 valence electrons. The molecule has 0 radical (unpaired) electrons. The highest BCUT2D eigenvalue weighted by Crippen LogP contribution is 2.20. The van der Waals surface area contributed by atoms with Gasteiger partial charge in [-0.15, -0.1) is 0 Å². The standard InChI is InChI=1S/C15H14Cl2N2O2/c1-19(9-10-4-3-5-11(8-10)21-2)15(20)14-12(16)6-7-13(17)18-14/h3-8H,9H2,1-2H3. The second-order valence-electron chi connectivity index (χ2n) is 4.48. The van der Waals surface area contributed by atoms with Crippen LogP contribution >= 0.6 is 23.2 Å². The normalized spacial score (nSPS) is 10.3. The quantitative estimate of drug-likeness (QED) is 0.806. The first kappa shape index (κ1) is 15.6. The fourth-order valence-corrected chi connectivity index (χ4v) is 2.20. The zero-order valence-corrected chi connectivity index (χ0v) is 13.1. The maximum Gasteiger partial charge on any atom is 0.274 e. The number of carbonyl (C=O) groups is 1. The summed E-state index contributed by atoms with van der Waals surface area (Å²) in [6.45, 7) is 0.417. The van der Waals surface area contributed by atoms with E-state index < -0.39 is 0 Å². The topological polar surface area (TPSA) is 42.4 Å². The molecule has 0 fully saturated rings. The molecule has 6 heteroatoms. The smallest absolute Gasteiger partial charge is 0.274 e. The minimum Gasteiger partial charge on any atom is -0.497 e. The average molecular weight is 325 g/mol. The Kier molecular flexibility index (Phi) is 5.04. The Labute approximate surface area is 133 Å². The number of methoxy groups -OCH3 is 1. The van der Waals surface area contributed by atoms with Crippen LogP contribution in [0.25, 0.3) is 0 Å². The molecule has 1 aromatic heterocycles. The highest BCUT2D eigenvalue weighted by atomic mass is 35.5. The Morgan fingerprint density at radius 3 is 2.76 bits per heavy atom. The van der Waals surface area contributed by atoms with E-state index in [0.717, 1.165) is 11.3 Å². The van der Waals surface area contributed by atoms with Gasteiger partial charge < -0.3 is 9.64 Å². The number of hydrogen-bond acceptors (Lipinski definition) is 3. The number of halogens is 2. The van der Waals surface area contributed by atoms with E-state index in [1.54, 1.807) is 26.3 Å². The minimum atomic E-state index is -0.287. The van der Waals surface area contributed by atoms with E-state index in [2.05, 4.69) is 4.98 Å². The summed E-state index contributed by atoms with van der Waals surface area (Å²) in [5.41, 5.74) is 1.10. The number of hydrogen-bond donors (Lipinski definition) is 0. The van der Waals surface area contributed by atoms with Crippen LogP contribution in [0.1, 0.15) is 16.1 Å². The van der Waals surface area contributed by atoms with Gasteiger partial charge in [0.25, 0.3) is 5.91 Å². The summed E-state index contributed by atoms with van der Waals surface area (Å²) in [7, 11) is 3.28. The molecule has 0 saturated carbocycles. The van der Waals surface area contributed by atoms with Crippen molar-refractivity contribution in [1.82, 2.24) is 9.88 Å². The number of ether oxygens (including phenoxy) is 1. The van der Waals surface area contributed by atoms with E-state index in [9.17, 15) is 4.79 Å². The number of carbonyl (C=O) groups excluding carboxylic acids is 1. The van der Waals surface area contributed by atoms with Gasteiger partial charge in [0.15, 0.2) is 0 Å². The van der Waals surface area contributed by atoms with Crippen LogP contribution in [0.15, 0.2) is 36.4 Å². The molecule has 0 bridgehead atoms. The van der Waals surface area contributed by atoms with E-state index in [4.69, 9.17) is 27.9 Å². The number of pyridine rings is 1. The molecule has 1 amide bonds. The van der Waals surface area contributed by atoms with Crippen molar-refractivity contribution in [2.24, 2.45) is 0 Å². The number of amides is 1. The van der Waals surface area contributed by atoms with Crippen molar-refractivity contribution in [3.05, 3.63) is 57.8 Å². The third kappa shape index (κ3) is 3.86. The molecule has 0 aliphatic rings. The number of nitrogens with zero attached hydrogens (tertiary/aromatic N) is 2. The lowest BCUT2D eigenvalue weighted by atomic mass is 10.2. The first-order valence-corrected chi connectivity index (χ1v) is 6.97. The van der Waals surface area contributed by atoms with Crippen LogP contribution in [0.3, 0.4) is 0 Å². The molecule has 0 spiro atoms. The van der Waals surface area contributed by atoms with Crippen molar-refractivity contribution in [2.45, 2.75) is 6.54 Å². The lowest BCUT2D eigenvalue weighted by molar-refractivity contribution is 0.0779. The van der Waals surface area contributed by atoms with Crippen LogP contribution < -0.4 is 4.74 Å². The highest BCUT2D eigenvalue weighted by molar-refractivity contribution is 6.34. The fraction of sp³-hybridized carbons (Fsp3) is 0.200. The second-order valence-corrected chi connectivity index (χ2v) is 5.27. The molecule has 2 aromatic rings. The zero-order chi connectivity index (χ0) is 15.4. The van der Waals surface area contributed by atoms with E-state index in [1.165, 1.54) is 4.90 Å². The summed E-state index contributed by atoms with van der Waals surface area (Å²) in [6, 6.07) is 10.6. The second kappa shape index (κ2) is 6.78. The van der Waals surface area contributed by atoms with Crippen LogP contribution in [0.4, 0.5) is 0 Å². The Morgan fingerprint density at radius 1 is 1.29 bits per heavy atom. The predicted molar refractivity (Wildman–Crippen MR) is 83.0 cm³/mol. The van der Waals surface area contributed by atoms with Crippen LogP contribution in [-0.2, 0) is 6.54 Å². The summed E-state index contributed by atoms with van der Waals surface area (Å²) in [4.78, 5) is 17.9. The molecule has 1 heterocycles. The molecule has 21 heavy (non-hydrogen) atoms. The maximum atomic E-state index is 12.4. The van der Waals surface area contributed by atoms with Crippen molar-refractivity contribution in [3.8, 4) is 5.75 Å². The molecule has 0 atom stereocenters. The number of rotatable bonds is 4. The molecular formula is C15H14Cl2N2O2. The Morgan fingerprint density at radius 2 is 2.05 bits per heavy atom. The van der Waals surface area contributed by atoms with Crippen LogP contribution in [0.2, 0.25) is 10.2 Å². The Balaban J connectivity index is 2.17. The molecule has 0 unspecified atom stereocenters. The van der Waals surface area contributed by atoms with E-state index in [1.807, 2.05) is 24.3 Å². The highest BCUT2D eigenvalue weighted by Gasteiger charge is 2.17. The average Bonchev–Trinajstić information content (AvgIpc) is 2.49. The number of aromatic nitrogens is 1. The lowest BCUT2D eigenvalue weighted by Crippen LogP contribution is -2.27. The molecule has 0 N–H and O–H groups in total. The SMILES string of the molecule is COc1cccc(CN(C)C(=O)c2nc(Cl)ccc2Cl)c1. The van der Waals surface area contributed by atoms with E-state index in [-0.39, 0.29) is 21.8 Å². The van der Waals surface area contributed by atoms with Crippen LogP contribution in [0, 0.1) is 0 Å². The summed E-state index contributed by atoms with van der Waals surface area (Å²) in [5.74, 6) is 0.456. The van der Waals surface area contributed by atoms with Gasteiger partial charge in [0.1, 0.15) is 16.6 Å². The summed E-state index contributed by atoms with van der Waals surface area (Å²) in [6.07, 6.45) is 0. The third-order valence-electron chi connectivity index (χ3n) is 2.92. The first-order valence-electron chi connectivity index (χ1n) is 6.21. The molecule has 2 rings (SSSR count). The molecule has 4 nitrogen and oxygen atoms in total. The van der Waals surface area contributed by atoms with Gasteiger partial charge in [0, 0.05) is 13.6 Å². The largest absolute Gasteiger partial charge is 0.497 e. The van der Waals surface area contributed by atoms with Gasteiger partial charge in [-0.1, -0.05) is 35.3 Å². The molecular weight excluding hydrogens is 311 g/mol. The molecule has 0 aliphatic carbocycles. The zero-order valence-electron chi connectivity index (χ0n) is 11.6. The third-order valence-corrected chi connectivity index (χ3v) is 3.43. The van der Waals surface area contributed by atoms with Gasteiger partial charge in [-0.3, -0.25) is 4.79 Å². The van der Waals surface area contributed by atoms with Gasteiger partial charge in [-0.05, 0) is 29.8 Å². The fourth-order valence-electron chi connectivity index (χ4n) is 1.87. The van der Waals surface area contributed by atoms with Crippen molar-refractivity contribution < 1.29 is 9.53 Å². The molecule has 0 aliphatic heterocycles. The Hall–Kier alpha value is -1.78. The van der Waals surface area contributed by atoms with Crippen LogP contribution in [0.5, 0.6) is 5.75 Å². The minimum absolute atomic E-state index is 0.148. The van der Waals surface area contributed by atoms with Gasteiger partial charge in [-0.2, -0.15) is 0 Å². The van der Waals surface area contributed by atoms with Gasteiger partial charge in [-0.25, -0.2) is 4.98 Å². The monoisotopic (exact) mass is 324 g/mol. The first-order chi connectivity index (χ1) is 10.0. The summed E-state index contributed by atoms with van der Waals surface area (Å²) >= 11 is 11.8. The van der Waals surface area contributed by atoms with Gasteiger partial charge in [0.2, 0.25) is 0 Å². The van der Waals surface area contributed by atoms with Crippen molar-refractivity contribution in [3.63, 3.8) is 0 Å². The summed E-state index contributed by atoms with van der Waals surface area (Å²) in [5, 5.41) is 0.513. The maximum absolute atomic E-state index is 12.4. The Bertz CT molecular complexity index is 662. The lowest BCUT2D eigenvalue weighted by Gasteiger charge is -2.18. The van der Waals surface area contributed by atoms with Crippen LogP contribution in [-0.4, -0.2) is 29.9 Å². The van der Waals surface area contributed by atoms with Gasteiger partial charge in [0.05, 0.1) is 12.1 Å². The predicted octanol–water partition coefficient (Wildman–Crippen LogP) is 3.67. The van der Waals surface area contributed by atoms with Crippen molar-refractivity contribution in [2.75, 3.05) is 14.2 Å². The molecule has 1 aromatic carbocycles. The van der Waals surface area contributed by atoms with E-state index in [0.29, 0.717) is 6.54 Å². The molecule has 0 saturated heterocycles. The summed E-state index contributed by atoms with van der Waals surface area (Å²) < 4.78 is 5.16.